The Balaban J connectivity index is 0.00000400. The molecule has 2 N–H and O–H groups in total. The second kappa shape index (κ2) is 7.51. The van der Waals surface area contributed by atoms with E-state index in [0.29, 0.717) is 5.75 Å². The minimum Gasteiger partial charge on any atom is -0.507 e. The lowest BCUT2D eigenvalue weighted by molar-refractivity contribution is 0.422. The monoisotopic (exact) mass is 313 g/mol. The predicted molar refractivity (Wildman–Crippen MR) is 94.8 cm³/mol. The number of hydrogen-bond donors (Lipinski definition) is 2. The molecular formula is C18H32ClNO. The van der Waals surface area contributed by atoms with Crippen LogP contribution in [-0.2, 0) is 17.4 Å². The third-order valence-corrected chi connectivity index (χ3v) is 3.54. The maximum absolute atomic E-state index is 10.6. The van der Waals surface area contributed by atoms with Crippen molar-refractivity contribution in [1.82, 2.24) is 5.32 Å². The average Bonchev–Trinajstić information content (AvgIpc) is 2.28. The van der Waals surface area contributed by atoms with E-state index in [-0.39, 0.29) is 23.2 Å². The van der Waals surface area contributed by atoms with Crippen LogP contribution in [0.1, 0.15) is 71.6 Å². The second-order valence-corrected chi connectivity index (χ2v) is 7.72. The molecule has 21 heavy (non-hydrogen) atoms. The number of nitrogens with one attached hydrogen (secondary N) is 1. The number of benzene rings is 1. The third kappa shape index (κ3) is 5.52. The van der Waals surface area contributed by atoms with Gasteiger partial charge in [0.15, 0.2) is 0 Å². The molecule has 0 amide bonds. The van der Waals surface area contributed by atoms with Crippen LogP contribution in [0.15, 0.2) is 12.1 Å². The Morgan fingerprint density at radius 1 is 0.952 bits per heavy atom. The van der Waals surface area contributed by atoms with Crippen molar-refractivity contribution >= 4 is 12.4 Å². The Morgan fingerprint density at radius 3 is 1.71 bits per heavy atom. The number of halogens is 1. The summed E-state index contributed by atoms with van der Waals surface area (Å²) in [6.45, 7) is 17.0. The number of hydrogen-bond acceptors (Lipinski definition) is 2. The minimum atomic E-state index is -0.0507. The molecule has 0 bridgehead atoms. The lowest BCUT2D eigenvalue weighted by Gasteiger charge is -2.28. The molecule has 0 atom stereocenters. The first-order valence-electron chi connectivity index (χ1n) is 7.65. The molecule has 0 saturated carbocycles. The average molecular weight is 314 g/mol. The van der Waals surface area contributed by atoms with Gasteiger partial charge in [0.25, 0.3) is 0 Å². The molecule has 3 heteroatoms. The number of rotatable bonds is 4. The summed E-state index contributed by atoms with van der Waals surface area (Å²) >= 11 is 0. The fraction of sp³-hybridized carbons (Fsp3) is 0.667. The Bertz CT molecular complexity index is 420. The van der Waals surface area contributed by atoms with E-state index in [2.05, 4.69) is 65.9 Å². The van der Waals surface area contributed by atoms with Crippen LogP contribution in [0, 0.1) is 0 Å². The van der Waals surface area contributed by atoms with Gasteiger partial charge in [-0.2, -0.15) is 0 Å². The summed E-state index contributed by atoms with van der Waals surface area (Å²) in [6.07, 6.45) is 1.14. The molecule has 122 valence electrons. The molecule has 2 nitrogen and oxygen atoms in total. The van der Waals surface area contributed by atoms with Crippen LogP contribution in [0.25, 0.3) is 0 Å². The largest absolute Gasteiger partial charge is 0.507 e. The molecule has 0 aliphatic heterocycles. The number of phenols is 1. The quantitative estimate of drug-likeness (QED) is 0.774. The molecule has 0 aromatic heterocycles. The van der Waals surface area contributed by atoms with Crippen LogP contribution >= 0.6 is 12.4 Å². The molecule has 1 aromatic carbocycles. The van der Waals surface area contributed by atoms with E-state index in [9.17, 15) is 5.11 Å². The van der Waals surface area contributed by atoms with Crippen LogP contribution in [0.5, 0.6) is 5.75 Å². The van der Waals surface area contributed by atoms with Gasteiger partial charge >= 0.3 is 0 Å². The van der Waals surface area contributed by atoms with Crippen LogP contribution in [0.3, 0.4) is 0 Å². The zero-order valence-corrected chi connectivity index (χ0v) is 15.4. The zero-order chi connectivity index (χ0) is 15.6. The first-order chi connectivity index (χ1) is 9.07. The lowest BCUT2D eigenvalue weighted by atomic mass is 9.78. The van der Waals surface area contributed by atoms with E-state index < -0.39 is 0 Å². The van der Waals surface area contributed by atoms with Gasteiger partial charge in [-0.3, -0.25) is 0 Å². The van der Waals surface area contributed by atoms with Gasteiger partial charge in [-0.05, 0) is 40.5 Å². The minimum absolute atomic E-state index is 0. The van der Waals surface area contributed by atoms with Crippen LogP contribution in [-0.4, -0.2) is 11.7 Å². The van der Waals surface area contributed by atoms with Crippen molar-refractivity contribution < 1.29 is 5.11 Å². The highest BCUT2D eigenvalue weighted by molar-refractivity contribution is 5.85. The summed E-state index contributed by atoms with van der Waals surface area (Å²) in [5.74, 6) is 0.462. The fourth-order valence-corrected chi connectivity index (χ4v) is 2.35. The van der Waals surface area contributed by atoms with Crippen LogP contribution in [0.4, 0.5) is 0 Å². The Hall–Kier alpha value is -0.730. The topological polar surface area (TPSA) is 32.3 Å². The van der Waals surface area contributed by atoms with Gasteiger partial charge in [0.05, 0.1) is 0 Å². The molecule has 1 aromatic rings. The van der Waals surface area contributed by atoms with E-state index in [4.69, 9.17) is 0 Å². The van der Waals surface area contributed by atoms with Gasteiger partial charge in [0, 0.05) is 6.54 Å². The first kappa shape index (κ1) is 20.3. The molecular weight excluding hydrogens is 282 g/mol. The Labute approximate surface area is 136 Å². The standard InChI is InChI=1S/C18H31NO.ClH/c1-8-9-19-12-13-10-14(17(2,3)4)16(20)15(11-13)18(5,6)7;/h10-11,19-20H,8-9,12H2,1-7H3;1H. The third-order valence-electron chi connectivity index (χ3n) is 3.54. The summed E-state index contributed by atoms with van der Waals surface area (Å²) in [4.78, 5) is 0. The van der Waals surface area contributed by atoms with Crippen molar-refractivity contribution in [2.24, 2.45) is 0 Å². The van der Waals surface area contributed by atoms with E-state index >= 15 is 0 Å². The summed E-state index contributed by atoms with van der Waals surface area (Å²) in [7, 11) is 0. The molecule has 0 aliphatic carbocycles. The number of phenolic OH excluding ortho intramolecular Hbond substituents is 1. The van der Waals surface area contributed by atoms with Gasteiger partial charge in [0.1, 0.15) is 5.75 Å². The summed E-state index contributed by atoms with van der Waals surface area (Å²) in [6, 6.07) is 4.29. The van der Waals surface area contributed by atoms with Crippen molar-refractivity contribution in [3.05, 3.63) is 28.8 Å². The van der Waals surface area contributed by atoms with Crippen LogP contribution < -0.4 is 5.32 Å². The van der Waals surface area contributed by atoms with Gasteiger partial charge < -0.3 is 10.4 Å². The highest BCUT2D eigenvalue weighted by atomic mass is 35.5. The summed E-state index contributed by atoms with van der Waals surface area (Å²) < 4.78 is 0. The molecule has 1 rings (SSSR count). The molecule has 0 heterocycles. The summed E-state index contributed by atoms with van der Waals surface area (Å²) in [5.41, 5.74) is 3.23. The van der Waals surface area contributed by atoms with Crippen molar-refractivity contribution in [2.45, 2.75) is 72.3 Å². The highest BCUT2D eigenvalue weighted by Crippen LogP contribution is 2.39. The van der Waals surface area contributed by atoms with E-state index in [1.165, 1.54) is 5.56 Å². The normalized spacial score (nSPS) is 12.1. The SMILES string of the molecule is CCCNCc1cc(C(C)(C)C)c(O)c(C(C)(C)C)c1.Cl. The van der Waals surface area contributed by atoms with Crippen molar-refractivity contribution in [1.29, 1.82) is 0 Å². The van der Waals surface area contributed by atoms with E-state index in [1.54, 1.807) is 0 Å². The van der Waals surface area contributed by atoms with Crippen LogP contribution in [0.2, 0.25) is 0 Å². The maximum atomic E-state index is 10.6. The Kier molecular flexibility index (Phi) is 7.25. The Morgan fingerprint density at radius 2 is 1.38 bits per heavy atom. The molecule has 0 spiro atoms. The summed E-state index contributed by atoms with van der Waals surface area (Å²) in [5, 5.41) is 14.1. The lowest BCUT2D eigenvalue weighted by Crippen LogP contribution is -2.20. The molecule has 0 aliphatic rings. The van der Waals surface area contributed by atoms with E-state index in [1.807, 2.05) is 0 Å². The van der Waals surface area contributed by atoms with Gasteiger partial charge in [0.2, 0.25) is 0 Å². The highest BCUT2D eigenvalue weighted by Gasteiger charge is 2.26. The molecule has 0 radical (unpaired) electrons. The predicted octanol–water partition coefficient (Wildman–Crippen LogP) is 4.91. The molecule has 0 fully saturated rings. The van der Waals surface area contributed by atoms with Crippen molar-refractivity contribution in [3.63, 3.8) is 0 Å². The molecule has 0 saturated heterocycles. The zero-order valence-electron chi connectivity index (χ0n) is 14.6. The van der Waals surface area contributed by atoms with Crippen molar-refractivity contribution in [2.75, 3.05) is 6.54 Å². The maximum Gasteiger partial charge on any atom is 0.123 e. The smallest absolute Gasteiger partial charge is 0.123 e. The van der Waals surface area contributed by atoms with Gasteiger partial charge in [-0.15, -0.1) is 12.4 Å². The van der Waals surface area contributed by atoms with E-state index in [0.717, 1.165) is 30.6 Å². The van der Waals surface area contributed by atoms with Gasteiger partial charge in [-0.1, -0.05) is 60.6 Å². The number of aromatic hydroxyl groups is 1. The van der Waals surface area contributed by atoms with Crippen molar-refractivity contribution in [3.8, 4) is 5.75 Å². The fourth-order valence-electron chi connectivity index (χ4n) is 2.35. The first-order valence-corrected chi connectivity index (χ1v) is 7.65. The van der Waals surface area contributed by atoms with Gasteiger partial charge in [-0.25, -0.2) is 0 Å². The molecule has 0 unspecified atom stereocenters. The second-order valence-electron chi connectivity index (χ2n) is 7.72.